The van der Waals surface area contributed by atoms with Gasteiger partial charge in [0.1, 0.15) is 6.61 Å². The first-order valence-corrected chi connectivity index (χ1v) is 9.13. The van der Waals surface area contributed by atoms with Crippen LogP contribution in [0.5, 0.6) is 11.5 Å². The lowest BCUT2D eigenvalue weighted by Crippen LogP contribution is -2.27. The summed E-state index contributed by atoms with van der Waals surface area (Å²) in [7, 11) is 3.50. The Hall–Kier alpha value is -3.28. The van der Waals surface area contributed by atoms with Crippen molar-refractivity contribution < 1.29 is 14.3 Å². The Morgan fingerprint density at radius 3 is 2.61 bits per heavy atom. The Labute approximate surface area is 165 Å². The first-order chi connectivity index (χ1) is 13.5. The topological polar surface area (TPSA) is 65.4 Å². The van der Waals surface area contributed by atoms with Crippen LogP contribution >= 0.6 is 0 Å². The number of benzene rings is 2. The molecule has 0 saturated heterocycles. The van der Waals surface area contributed by atoms with Crippen LogP contribution in [0.4, 0.5) is 0 Å². The predicted octanol–water partition coefficient (Wildman–Crippen LogP) is 3.81. The second-order valence-electron chi connectivity index (χ2n) is 6.64. The maximum Gasteiger partial charge on any atom is 0.251 e. The van der Waals surface area contributed by atoms with E-state index in [-0.39, 0.29) is 11.9 Å². The second-order valence-corrected chi connectivity index (χ2v) is 6.64. The number of carbonyl (C=O) groups excluding carboxylic acids is 1. The largest absolute Gasteiger partial charge is 0.493 e. The third-order valence-corrected chi connectivity index (χ3v) is 4.74. The van der Waals surface area contributed by atoms with Crippen LogP contribution in [-0.2, 0) is 13.7 Å². The van der Waals surface area contributed by atoms with Crippen molar-refractivity contribution in [3.63, 3.8) is 0 Å². The fraction of sp³-hybridized carbons (Fsp3) is 0.273. The summed E-state index contributed by atoms with van der Waals surface area (Å²) in [6.45, 7) is 4.29. The number of methoxy groups -OCH3 is 1. The number of hydrogen-bond donors (Lipinski definition) is 1. The normalized spacial score (nSPS) is 11.7. The van der Waals surface area contributed by atoms with Gasteiger partial charge in [-0.3, -0.25) is 9.48 Å². The van der Waals surface area contributed by atoms with Crippen molar-refractivity contribution >= 4 is 5.91 Å². The summed E-state index contributed by atoms with van der Waals surface area (Å²) >= 11 is 0. The maximum absolute atomic E-state index is 12.7. The van der Waals surface area contributed by atoms with Gasteiger partial charge in [-0.05, 0) is 43.7 Å². The summed E-state index contributed by atoms with van der Waals surface area (Å²) < 4.78 is 12.9. The Bertz CT molecular complexity index is 965. The first-order valence-electron chi connectivity index (χ1n) is 9.13. The van der Waals surface area contributed by atoms with E-state index >= 15 is 0 Å². The molecule has 3 aromatic rings. The van der Waals surface area contributed by atoms with Gasteiger partial charge in [0.05, 0.1) is 19.3 Å². The molecule has 0 aliphatic rings. The zero-order chi connectivity index (χ0) is 20.1. The number of ether oxygens (including phenoxy) is 2. The summed E-state index contributed by atoms with van der Waals surface area (Å²) in [5.41, 5.74) is 3.54. The SMILES string of the molecule is COc1ccccc1OCc1cccc(C(=O)NC(C)c2cnn(C)c2C)c1. The minimum atomic E-state index is -0.130. The van der Waals surface area contributed by atoms with Gasteiger partial charge < -0.3 is 14.8 Å². The number of hydrogen-bond acceptors (Lipinski definition) is 4. The van der Waals surface area contributed by atoms with Crippen molar-refractivity contribution in [1.29, 1.82) is 0 Å². The van der Waals surface area contributed by atoms with E-state index in [4.69, 9.17) is 9.47 Å². The molecule has 6 heteroatoms. The Balaban J connectivity index is 1.67. The average Bonchev–Trinajstić information content (AvgIpc) is 3.05. The molecule has 1 amide bonds. The summed E-state index contributed by atoms with van der Waals surface area (Å²) in [5.74, 6) is 1.22. The minimum absolute atomic E-state index is 0.130. The quantitative estimate of drug-likeness (QED) is 0.678. The van der Waals surface area contributed by atoms with Gasteiger partial charge in [0.15, 0.2) is 11.5 Å². The standard InChI is InChI=1S/C22H25N3O3/c1-15(19-13-23-25(3)16(19)2)24-22(26)18-9-7-8-17(12-18)14-28-21-11-6-5-10-20(21)27-4/h5-13,15H,14H2,1-4H3,(H,24,26). The molecule has 1 N–H and O–H groups in total. The van der Waals surface area contributed by atoms with Crippen molar-refractivity contribution in [1.82, 2.24) is 15.1 Å². The van der Waals surface area contributed by atoms with Crippen molar-refractivity contribution in [2.45, 2.75) is 26.5 Å². The molecule has 0 aliphatic heterocycles. The molecular weight excluding hydrogens is 354 g/mol. The zero-order valence-corrected chi connectivity index (χ0v) is 16.6. The van der Waals surface area contributed by atoms with Crippen LogP contribution in [-0.4, -0.2) is 22.8 Å². The smallest absolute Gasteiger partial charge is 0.251 e. The molecule has 6 nitrogen and oxygen atoms in total. The molecule has 0 aliphatic carbocycles. The molecular formula is C22H25N3O3. The van der Waals surface area contributed by atoms with Crippen LogP contribution in [0.2, 0.25) is 0 Å². The zero-order valence-electron chi connectivity index (χ0n) is 16.6. The van der Waals surface area contributed by atoms with E-state index in [9.17, 15) is 4.79 Å². The van der Waals surface area contributed by atoms with Crippen molar-refractivity contribution in [3.05, 3.63) is 77.1 Å². The molecule has 28 heavy (non-hydrogen) atoms. The van der Waals surface area contributed by atoms with E-state index in [0.717, 1.165) is 16.8 Å². The lowest BCUT2D eigenvalue weighted by atomic mass is 10.1. The monoisotopic (exact) mass is 379 g/mol. The van der Waals surface area contributed by atoms with Gasteiger partial charge in [-0.25, -0.2) is 0 Å². The van der Waals surface area contributed by atoms with E-state index < -0.39 is 0 Å². The van der Waals surface area contributed by atoms with Gasteiger partial charge in [0, 0.05) is 23.9 Å². The number of nitrogens with zero attached hydrogens (tertiary/aromatic N) is 2. The highest BCUT2D eigenvalue weighted by atomic mass is 16.5. The van der Waals surface area contributed by atoms with Crippen molar-refractivity contribution in [2.24, 2.45) is 7.05 Å². The predicted molar refractivity (Wildman–Crippen MR) is 108 cm³/mol. The molecule has 0 radical (unpaired) electrons. The Morgan fingerprint density at radius 2 is 1.93 bits per heavy atom. The van der Waals surface area contributed by atoms with Gasteiger partial charge >= 0.3 is 0 Å². The molecule has 0 bridgehead atoms. The van der Waals surface area contributed by atoms with E-state index in [1.54, 1.807) is 24.1 Å². The van der Waals surface area contributed by atoms with Crippen LogP contribution in [0, 0.1) is 6.92 Å². The second kappa shape index (κ2) is 8.61. The molecule has 3 rings (SSSR count). The van der Waals surface area contributed by atoms with Crippen molar-refractivity contribution in [2.75, 3.05) is 7.11 Å². The number of aromatic nitrogens is 2. The lowest BCUT2D eigenvalue weighted by molar-refractivity contribution is 0.0939. The van der Waals surface area contributed by atoms with Crippen LogP contribution < -0.4 is 14.8 Å². The number of nitrogens with one attached hydrogen (secondary N) is 1. The van der Waals surface area contributed by atoms with E-state index in [0.29, 0.717) is 23.7 Å². The number of aryl methyl sites for hydroxylation is 1. The molecule has 2 aromatic carbocycles. The minimum Gasteiger partial charge on any atom is -0.493 e. The highest BCUT2D eigenvalue weighted by molar-refractivity contribution is 5.94. The van der Waals surface area contributed by atoms with Crippen molar-refractivity contribution in [3.8, 4) is 11.5 Å². The summed E-state index contributed by atoms with van der Waals surface area (Å²) in [6.07, 6.45) is 1.79. The van der Waals surface area contributed by atoms with Gasteiger partial charge in [0.25, 0.3) is 5.91 Å². The highest BCUT2D eigenvalue weighted by Gasteiger charge is 2.16. The van der Waals surface area contributed by atoms with Crippen LogP contribution in [0.15, 0.2) is 54.7 Å². The molecule has 0 spiro atoms. The van der Waals surface area contributed by atoms with Crippen LogP contribution in [0.3, 0.4) is 0 Å². The first kappa shape index (κ1) is 19.5. The van der Waals surface area contributed by atoms with Gasteiger partial charge in [0.2, 0.25) is 0 Å². The molecule has 1 unspecified atom stereocenters. The van der Waals surface area contributed by atoms with E-state index in [1.165, 1.54) is 0 Å². The molecule has 146 valence electrons. The fourth-order valence-corrected chi connectivity index (χ4v) is 3.00. The molecule has 1 aromatic heterocycles. The third-order valence-electron chi connectivity index (χ3n) is 4.74. The number of amides is 1. The van der Waals surface area contributed by atoms with Gasteiger partial charge in [-0.2, -0.15) is 5.10 Å². The average molecular weight is 379 g/mol. The third kappa shape index (κ3) is 4.34. The molecule has 1 heterocycles. The summed E-state index contributed by atoms with van der Waals surface area (Å²) in [4.78, 5) is 12.7. The van der Waals surface area contributed by atoms with Crippen LogP contribution in [0.25, 0.3) is 0 Å². The van der Waals surface area contributed by atoms with Gasteiger partial charge in [-0.1, -0.05) is 24.3 Å². The number of carbonyl (C=O) groups is 1. The lowest BCUT2D eigenvalue weighted by Gasteiger charge is -2.15. The van der Waals surface area contributed by atoms with E-state index in [2.05, 4.69) is 10.4 Å². The highest BCUT2D eigenvalue weighted by Crippen LogP contribution is 2.26. The van der Waals surface area contributed by atoms with Crippen LogP contribution in [0.1, 0.15) is 40.1 Å². The molecule has 0 fully saturated rings. The summed E-state index contributed by atoms with van der Waals surface area (Å²) in [6, 6.07) is 14.8. The summed E-state index contributed by atoms with van der Waals surface area (Å²) in [5, 5.41) is 7.27. The Morgan fingerprint density at radius 1 is 1.18 bits per heavy atom. The van der Waals surface area contributed by atoms with E-state index in [1.807, 2.05) is 63.4 Å². The number of rotatable bonds is 7. The molecule has 1 atom stereocenters. The maximum atomic E-state index is 12.7. The Kier molecular flexibility index (Phi) is 5.99. The van der Waals surface area contributed by atoms with Gasteiger partial charge in [-0.15, -0.1) is 0 Å². The molecule has 0 saturated carbocycles. The number of para-hydroxylation sites is 2. The fourth-order valence-electron chi connectivity index (χ4n) is 3.00.